The van der Waals surface area contributed by atoms with Gasteiger partial charge in [-0.3, -0.25) is 15.5 Å². The number of benzene rings is 1. The fourth-order valence-electron chi connectivity index (χ4n) is 1.72. The molecule has 130 valence electrons. The Kier molecular flexibility index (Phi) is 6.25. The summed E-state index contributed by atoms with van der Waals surface area (Å²) in [6.07, 6.45) is 2.77. The average molecular weight is 430 g/mol. The number of hydrazone groups is 1. The molecule has 0 saturated heterocycles. The van der Waals surface area contributed by atoms with Crippen LogP contribution in [0.5, 0.6) is 5.75 Å². The molecule has 0 unspecified atom stereocenters. The van der Waals surface area contributed by atoms with Crippen molar-refractivity contribution in [2.75, 3.05) is 12.0 Å². The van der Waals surface area contributed by atoms with E-state index < -0.39 is 17.5 Å². The average Bonchev–Trinajstić information content (AvgIpc) is 2.54. The number of nitro groups is 1. The molecular formula is C14H10BrClN4O5. The van der Waals surface area contributed by atoms with Gasteiger partial charge in [-0.1, -0.05) is 11.6 Å². The van der Waals surface area contributed by atoms with Crippen molar-refractivity contribution in [1.82, 2.24) is 4.98 Å². The van der Waals surface area contributed by atoms with Crippen LogP contribution in [0.25, 0.3) is 0 Å². The van der Waals surface area contributed by atoms with Gasteiger partial charge in [-0.2, -0.15) is 5.10 Å². The summed E-state index contributed by atoms with van der Waals surface area (Å²) in [6.45, 7) is -0.531. The Morgan fingerprint density at radius 1 is 1.56 bits per heavy atom. The first-order chi connectivity index (χ1) is 11.9. The van der Waals surface area contributed by atoms with Crippen molar-refractivity contribution in [2.24, 2.45) is 5.10 Å². The molecule has 0 spiro atoms. The summed E-state index contributed by atoms with van der Waals surface area (Å²) in [5, 5.41) is 23.6. The Morgan fingerprint density at radius 3 is 2.96 bits per heavy atom. The van der Waals surface area contributed by atoms with Gasteiger partial charge in [0.25, 0.3) is 0 Å². The normalized spacial score (nSPS) is 10.6. The number of halogens is 2. The quantitative estimate of drug-likeness (QED) is 0.392. The molecule has 2 rings (SSSR count). The molecule has 1 aromatic carbocycles. The van der Waals surface area contributed by atoms with Crippen molar-refractivity contribution in [3.8, 4) is 5.75 Å². The number of hydrogen-bond acceptors (Lipinski definition) is 7. The van der Waals surface area contributed by atoms with E-state index in [0.29, 0.717) is 10.0 Å². The van der Waals surface area contributed by atoms with Crippen molar-refractivity contribution in [1.29, 1.82) is 0 Å². The Hall–Kier alpha value is -2.72. The van der Waals surface area contributed by atoms with Gasteiger partial charge in [0.15, 0.2) is 12.4 Å². The van der Waals surface area contributed by atoms with Crippen molar-refractivity contribution in [2.45, 2.75) is 0 Å². The third-order valence-electron chi connectivity index (χ3n) is 2.73. The predicted octanol–water partition coefficient (Wildman–Crippen LogP) is 3.32. The van der Waals surface area contributed by atoms with Crippen LogP contribution in [0.4, 0.5) is 11.5 Å². The molecule has 0 saturated carbocycles. The zero-order chi connectivity index (χ0) is 18.4. The standard InChI is InChI=1S/C14H10BrClN4O5/c15-9-4-8(5-10(16)13(9)25-7-12(21)22)6-18-19-14-11(20(23)24)2-1-3-17-14/h1-6H,7H2,(H,17,19)(H,21,22)/b18-6-. The van der Waals surface area contributed by atoms with Crippen LogP contribution in [0.2, 0.25) is 5.02 Å². The van der Waals surface area contributed by atoms with Crippen LogP contribution in [-0.4, -0.2) is 33.8 Å². The number of pyridine rings is 1. The van der Waals surface area contributed by atoms with Crippen LogP contribution in [0.3, 0.4) is 0 Å². The van der Waals surface area contributed by atoms with Crippen molar-refractivity contribution in [3.05, 3.63) is 55.6 Å². The largest absolute Gasteiger partial charge is 0.479 e. The van der Waals surface area contributed by atoms with Crippen molar-refractivity contribution in [3.63, 3.8) is 0 Å². The van der Waals surface area contributed by atoms with Gasteiger partial charge in [-0.05, 0) is 39.7 Å². The number of hydrogen-bond donors (Lipinski definition) is 2. The highest BCUT2D eigenvalue weighted by atomic mass is 79.9. The summed E-state index contributed by atoms with van der Waals surface area (Å²) in [5.74, 6) is -0.945. The second kappa shape index (κ2) is 8.40. The fourth-order valence-corrected chi connectivity index (χ4v) is 2.71. The third kappa shape index (κ3) is 5.13. The van der Waals surface area contributed by atoms with Crippen LogP contribution >= 0.6 is 27.5 Å². The van der Waals surface area contributed by atoms with E-state index in [2.05, 4.69) is 31.4 Å². The number of carbonyl (C=O) groups is 1. The molecule has 0 atom stereocenters. The fraction of sp³-hybridized carbons (Fsp3) is 0.0714. The summed E-state index contributed by atoms with van der Waals surface area (Å²) in [6, 6.07) is 5.84. The molecule has 0 fully saturated rings. The van der Waals surface area contributed by atoms with Crippen LogP contribution in [0.15, 0.2) is 40.0 Å². The molecule has 0 aliphatic rings. The maximum atomic E-state index is 10.9. The van der Waals surface area contributed by atoms with Gasteiger partial charge in [0.05, 0.1) is 20.6 Å². The van der Waals surface area contributed by atoms with Gasteiger partial charge in [0, 0.05) is 12.3 Å². The van der Waals surface area contributed by atoms with Gasteiger partial charge >= 0.3 is 11.7 Å². The lowest BCUT2D eigenvalue weighted by Crippen LogP contribution is -2.10. The van der Waals surface area contributed by atoms with Gasteiger partial charge < -0.3 is 9.84 Å². The molecule has 11 heteroatoms. The zero-order valence-electron chi connectivity index (χ0n) is 12.3. The second-order valence-electron chi connectivity index (χ2n) is 4.49. The number of nitrogens with one attached hydrogen (secondary N) is 1. The van der Waals surface area contributed by atoms with Crippen LogP contribution in [0.1, 0.15) is 5.56 Å². The Labute approximate surface area is 154 Å². The molecule has 0 aliphatic carbocycles. The van der Waals surface area contributed by atoms with E-state index in [-0.39, 0.29) is 22.3 Å². The van der Waals surface area contributed by atoms with E-state index in [1.807, 2.05) is 0 Å². The Bertz CT molecular complexity index is 823. The SMILES string of the molecule is O=C(O)COc1c(Cl)cc(/C=N\Nc2ncccc2[N+](=O)[O-])cc1Br. The highest BCUT2D eigenvalue weighted by molar-refractivity contribution is 9.10. The molecule has 2 N–H and O–H groups in total. The molecule has 1 aromatic heterocycles. The zero-order valence-corrected chi connectivity index (χ0v) is 14.7. The minimum atomic E-state index is -1.13. The number of nitrogens with zero attached hydrogens (tertiary/aromatic N) is 3. The number of anilines is 1. The monoisotopic (exact) mass is 428 g/mol. The van der Waals surface area contributed by atoms with Gasteiger partial charge in [-0.15, -0.1) is 0 Å². The van der Waals surface area contributed by atoms with Crippen molar-refractivity contribution < 1.29 is 19.6 Å². The minimum absolute atomic E-state index is 0.00433. The minimum Gasteiger partial charge on any atom is -0.479 e. The van der Waals surface area contributed by atoms with E-state index in [0.717, 1.165) is 0 Å². The van der Waals surface area contributed by atoms with Crippen LogP contribution < -0.4 is 10.2 Å². The number of ether oxygens (including phenoxy) is 1. The molecular weight excluding hydrogens is 420 g/mol. The topological polar surface area (TPSA) is 127 Å². The molecule has 0 amide bonds. The summed E-state index contributed by atoms with van der Waals surface area (Å²) >= 11 is 9.28. The molecule has 25 heavy (non-hydrogen) atoms. The van der Waals surface area contributed by atoms with Crippen LogP contribution in [-0.2, 0) is 4.79 Å². The molecule has 2 aromatic rings. The van der Waals surface area contributed by atoms with Gasteiger partial charge in [0.1, 0.15) is 0 Å². The summed E-state index contributed by atoms with van der Waals surface area (Å²) in [4.78, 5) is 24.7. The first-order valence-electron chi connectivity index (χ1n) is 6.60. The van der Waals surface area contributed by atoms with Gasteiger partial charge in [0.2, 0.25) is 5.82 Å². The molecule has 0 radical (unpaired) electrons. The first kappa shape index (κ1) is 18.6. The van der Waals surface area contributed by atoms with Crippen molar-refractivity contribution >= 4 is 51.2 Å². The van der Waals surface area contributed by atoms with Gasteiger partial charge in [-0.25, -0.2) is 9.78 Å². The number of rotatable bonds is 7. The summed E-state index contributed by atoms with van der Waals surface area (Å²) in [5.41, 5.74) is 2.82. The van der Waals surface area contributed by atoms with E-state index >= 15 is 0 Å². The number of carboxylic acid groups (broad SMARTS) is 1. The third-order valence-corrected chi connectivity index (χ3v) is 3.60. The lowest BCUT2D eigenvalue weighted by Gasteiger charge is -2.09. The molecule has 0 bridgehead atoms. The maximum absolute atomic E-state index is 10.9. The second-order valence-corrected chi connectivity index (χ2v) is 5.76. The Balaban J connectivity index is 2.14. The van der Waals surface area contributed by atoms with E-state index in [1.165, 1.54) is 30.6 Å². The number of carboxylic acids is 1. The Morgan fingerprint density at radius 2 is 2.32 bits per heavy atom. The smallest absolute Gasteiger partial charge is 0.341 e. The maximum Gasteiger partial charge on any atom is 0.341 e. The molecule has 1 heterocycles. The number of aromatic nitrogens is 1. The van der Waals surface area contributed by atoms with E-state index in [4.69, 9.17) is 21.4 Å². The summed E-state index contributed by atoms with van der Waals surface area (Å²) in [7, 11) is 0. The van der Waals surface area contributed by atoms with Crippen LogP contribution in [0, 0.1) is 10.1 Å². The predicted molar refractivity (Wildman–Crippen MR) is 94.4 cm³/mol. The number of aliphatic carboxylic acids is 1. The first-order valence-corrected chi connectivity index (χ1v) is 7.77. The molecule has 0 aliphatic heterocycles. The van der Waals surface area contributed by atoms with E-state index in [9.17, 15) is 14.9 Å². The highest BCUT2D eigenvalue weighted by Crippen LogP contribution is 2.34. The summed E-state index contributed by atoms with van der Waals surface area (Å²) < 4.78 is 5.51. The molecule has 9 nitrogen and oxygen atoms in total. The lowest BCUT2D eigenvalue weighted by atomic mass is 10.2. The highest BCUT2D eigenvalue weighted by Gasteiger charge is 2.13. The lowest BCUT2D eigenvalue weighted by molar-refractivity contribution is -0.384. The van der Waals surface area contributed by atoms with E-state index in [1.54, 1.807) is 6.07 Å².